The average Bonchev–Trinajstić information content (AvgIpc) is 3.68. The number of aromatic carboxylic acids is 1. The molecule has 8 nitrogen and oxygen atoms in total. The van der Waals surface area contributed by atoms with Crippen molar-refractivity contribution in [3.8, 4) is 11.1 Å². The molecule has 0 amide bonds. The molecule has 1 aliphatic rings. The average molecular weight is 504 g/mol. The molecule has 6 aromatic rings. The van der Waals surface area contributed by atoms with Gasteiger partial charge in [0.2, 0.25) is 0 Å². The maximum Gasteiger partial charge on any atom is 0.337 e. The summed E-state index contributed by atoms with van der Waals surface area (Å²) in [5.41, 5.74) is 11.2. The van der Waals surface area contributed by atoms with Gasteiger partial charge in [-0.15, -0.1) is 0 Å². The second kappa shape index (κ2) is 8.71. The number of carboxylic acid groups (broad SMARTS) is 1. The fraction of sp³-hybridized carbons (Fsp3) is 0.167. The largest absolute Gasteiger partial charge is 0.478 e. The van der Waals surface area contributed by atoms with Crippen molar-refractivity contribution in [2.24, 2.45) is 0 Å². The molecule has 0 bridgehead atoms. The monoisotopic (exact) mass is 503 g/mol. The SMILES string of the molecule is Nc1nccc2ccc(-c3ccc4c(c3)c(Cn3ccc5cccc(C(=O)O)c53)nn4C3CCOC3)cc12. The molecule has 38 heavy (non-hydrogen) atoms. The van der Waals surface area contributed by atoms with Crippen LogP contribution in [0.1, 0.15) is 28.5 Å². The molecule has 1 saturated heterocycles. The molecule has 1 fully saturated rings. The van der Waals surface area contributed by atoms with Crippen molar-refractivity contribution in [3.63, 3.8) is 0 Å². The van der Waals surface area contributed by atoms with Crippen LogP contribution in [0.15, 0.2) is 79.1 Å². The number of nitrogens with zero attached hydrogens (tertiary/aromatic N) is 4. The van der Waals surface area contributed by atoms with Crippen LogP contribution < -0.4 is 5.73 Å². The van der Waals surface area contributed by atoms with E-state index in [0.29, 0.717) is 24.5 Å². The van der Waals surface area contributed by atoms with Gasteiger partial charge in [-0.05, 0) is 59.3 Å². The van der Waals surface area contributed by atoms with E-state index in [2.05, 4.69) is 46.1 Å². The minimum absolute atomic E-state index is 0.166. The number of benzene rings is 3. The van der Waals surface area contributed by atoms with E-state index >= 15 is 0 Å². The summed E-state index contributed by atoms with van der Waals surface area (Å²) in [5, 5.41) is 18.8. The van der Waals surface area contributed by atoms with Gasteiger partial charge in [-0.25, -0.2) is 9.78 Å². The highest BCUT2D eigenvalue weighted by Gasteiger charge is 2.23. The first-order valence-corrected chi connectivity index (χ1v) is 12.6. The molecule has 1 unspecified atom stereocenters. The van der Waals surface area contributed by atoms with Gasteiger partial charge < -0.3 is 20.1 Å². The van der Waals surface area contributed by atoms with Crippen LogP contribution >= 0.6 is 0 Å². The number of nitrogen functional groups attached to an aromatic ring is 1. The number of fused-ring (bicyclic) bond motifs is 3. The second-order valence-electron chi connectivity index (χ2n) is 9.76. The summed E-state index contributed by atoms with van der Waals surface area (Å²) in [4.78, 5) is 16.2. The number of rotatable bonds is 5. The van der Waals surface area contributed by atoms with Crippen LogP contribution in [0.25, 0.3) is 43.7 Å². The Hall–Kier alpha value is -4.69. The lowest BCUT2D eigenvalue weighted by atomic mass is 10.00. The van der Waals surface area contributed by atoms with E-state index in [-0.39, 0.29) is 11.6 Å². The summed E-state index contributed by atoms with van der Waals surface area (Å²) in [5.74, 6) is -0.435. The van der Waals surface area contributed by atoms with E-state index in [1.165, 1.54) is 0 Å². The predicted molar refractivity (Wildman–Crippen MR) is 147 cm³/mol. The lowest BCUT2D eigenvalue weighted by Crippen LogP contribution is -2.11. The molecule has 0 aliphatic carbocycles. The van der Waals surface area contributed by atoms with Gasteiger partial charge in [0, 0.05) is 35.2 Å². The Kier molecular flexibility index (Phi) is 5.16. The van der Waals surface area contributed by atoms with Crippen molar-refractivity contribution in [3.05, 3.63) is 90.4 Å². The molecule has 3 aromatic heterocycles. The molecular formula is C30H25N5O3. The van der Waals surface area contributed by atoms with Crippen LogP contribution in [0, 0.1) is 0 Å². The lowest BCUT2D eigenvalue weighted by molar-refractivity contribution is 0.0698. The first-order valence-electron chi connectivity index (χ1n) is 12.6. The first-order chi connectivity index (χ1) is 18.6. The third-order valence-electron chi connectivity index (χ3n) is 7.50. The number of para-hydroxylation sites is 1. The van der Waals surface area contributed by atoms with E-state index in [9.17, 15) is 9.90 Å². The Morgan fingerprint density at radius 2 is 1.87 bits per heavy atom. The van der Waals surface area contributed by atoms with Gasteiger partial charge in [0.1, 0.15) is 5.82 Å². The number of aromatic nitrogens is 4. The molecule has 0 spiro atoms. The second-order valence-corrected chi connectivity index (χ2v) is 9.76. The van der Waals surface area contributed by atoms with Crippen molar-refractivity contribution in [2.75, 3.05) is 18.9 Å². The van der Waals surface area contributed by atoms with Crippen molar-refractivity contribution >= 4 is 44.4 Å². The first kappa shape index (κ1) is 22.5. The summed E-state index contributed by atoms with van der Waals surface area (Å²) < 4.78 is 9.73. The van der Waals surface area contributed by atoms with Crippen molar-refractivity contribution < 1.29 is 14.6 Å². The molecule has 8 heteroatoms. The summed E-state index contributed by atoms with van der Waals surface area (Å²) in [7, 11) is 0. The van der Waals surface area contributed by atoms with Crippen LogP contribution in [0.3, 0.4) is 0 Å². The van der Waals surface area contributed by atoms with Crippen LogP contribution in [0.5, 0.6) is 0 Å². The normalized spacial score (nSPS) is 15.6. The number of nitrogens with two attached hydrogens (primary N) is 1. The molecule has 1 atom stereocenters. The predicted octanol–water partition coefficient (Wildman–Crippen LogP) is 5.50. The number of carboxylic acids is 1. The van der Waals surface area contributed by atoms with Gasteiger partial charge in [0.05, 0.1) is 41.5 Å². The molecule has 3 aromatic carbocycles. The van der Waals surface area contributed by atoms with Crippen LogP contribution in [0.4, 0.5) is 5.82 Å². The number of carbonyl (C=O) groups is 1. The van der Waals surface area contributed by atoms with E-state index in [1.807, 2.05) is 29.0 Å². The van der Waals surface area contributed by atoms with Crippen molar-refractivity contribution in [2.45, 2.75) is 19.0 Å². The smallest absolute Gasteiger partial charge is 0.337 e. The van der Waals surface area contributed by atoms with E-state index < -0.39 is 5.97 Å². The molecule has 4 heterocycles. The minimum Gasteiger partial charge on any atom is -0.478 e. The van der Waals surface area contributed by atoms with Gasteiger partial charge >= 0.3 is 5.97 Å². The molecule has 0 saturated carbocycles. The molecule has 3 N–H and O–H groups in total. The van der Waals surface area contributed by atoms with Crippen LogP contribution in [0.2, 0.25) is 0 Å². The topological polar surface area (TPSA) is 108 Å². The van der Waals surface area contributed by atoms with Gasteiger partial charge in [0.25, 0.3) is 0 Å². The molecule has 7 rings (SSSR count). The zero-order valence-corrected chi connectivity index (χ0v) is 20.5. The zero-order chi connectivity index (χ0) is 25.8. The third kappa shape index (κ3) is 3.61. The number of anilines is 1. The highest BCUT2D eigenvalue weighted by Crippen LogP contribution is 2.33. The van der Waals surface area contributed by atoms with Gasteiger partial charge in [-0.1, -0.05) is 30.3 Å². The maximum atomic E-state index is 12.0. The van der Waals surface area contributed by atoms with Crippen LogP contribution in [-0.4, -0.2) is 43.6 Å². The third-order valence-corrected chi connectivity index (χ3v) is 7.50. The summed E-state index contributed by atoms with van der Waals surface area (Å²) in [6, 6.07) is 22.1. The van der Waals surface area contributed by atoms with E-state index in [1.54, 1.807) is 18.3 Å². The number of ether oxygens (including phenoxy) is 1. The van der Waals surface area contributed by atoms with Gasteiger partial charge in [-0.2, -0.15) is 5.10 Å². The van der Waals surface area contributed by atoms with Crippen molar-refractivity contribution in [1.29, 1.82) is 0 Å². The highest BCUT2D eigenvalue weighted by molar-refractivity contribution is 6.02. The van der Waals surface area contributed by atoms with Crippen molar-refractivity contribution in [1.82, 2.24) is 19.3 Å². The molecular weight excluding hydrogens is 478 g/mol. The van der Waals surface area contributed by atoms with Crippen LogP contribution in [-0.2, 0) is 11.3 Å². The summed E-state index contributed by atoms with van der Waals surface area (Å²) >= 11 is 0. The number of pyridine rings is 1. The van der Waals surface area contributed by atoms with Gasteiger partial charge in [-0.3, -0.25) is 4.68 Å². The maximum absolute atomic E-state index is 12.0. The molecule has 188 valence electrons. The minimum atomic E-state index is -0.943. The lowest BCUT2D eigenvalue weighted by Gasteiger charge is -2.10. The molecule has 0 radical (unpaired) electrons. The Labute approximate surface area is 217 Å². The Morgan fingerprint density at radius 1 is 1.03 bits per heavy atom. The van der Waals surface area contributed by atoms with E-state index in [4.69, 9.17) is 15.6 Å². The zero-order valence-electron chi connectivity index (χ0n) is 20.5. The fourth-order valence-corrected chi connectivity index (χ4v) is 5.59. The standard InChI is InChI=1S/C30H25N5O3/c31-29-24-14-20(5-4-18(24)8-11-32-29)21-6-7-27-25(15-21)26(33-35(27)22-10-13-38-17-22)16-34-12-9-19-2-1-3-23(28(19)34)30(36)37/h1-9,11-12,14-15,22H,10,13,16-17H2,(H2,31,32)(H,36,37). The number of hydrogen-bond donors (Lipinski definition) is 2. The molecule has 1 aliphatic heterocycles. The Morgan fingerprint density at radius 3 is 2.68 bits per heavy atom. The fourth-order valence-electron chi connectivity index (χ4n) is 5.59. The number of hydrogen-bond acceptors (Lipinski definition) is 5. The Bertz CT molecular complexity index is 1860. The quantitative estimate of drug-likeness (QED) is 0.322. The summed E-state index contributed by atoms with van der Waals surface area (Å²) in [6.07, 6.45) is 4.56. The summed E-state index contributed by atoms with van der Waals surface area (Å²) in [6.45, 7) is 1.80. The van der Waals surface area contributed by atoms with E-state index in [0.717, 1.165) is 56.9 Å². The highest BCUT2D eigenvalue weighted by atomic mass is 16.5. The Balaban J connectivity index is 1.39. The van der Waals surface area contributed by atoms with Gasteiger partial charge in [0.15, 0.2) is 0 Å².